The maximum atomic E-state index is 11.0. The van der Waals surface area contributed by atoms with E-state index < -0.39 is 26.4 Å². The molecular weight excluding hydrogens is 495 g/mol. The Morgan fingerprint density at radius 3 is 1.89 bits per heavy atom. The number of thioether (sulfide) groups is 1. The highest BCUT2D eigenvalue weighted by Crippen LogP contribution is 2.26. The van der Waals surface area contributed by atoms with E-state index in [-0.39, 0.29) is 12.7 Å². The van der Waals surface area contributed by atoms with Crippen molar-refractivity contribution in [2.75, 3.05) is 25.6 Å². The van der Waals surface area contributed by atoms with Crippen molar-refractivity contribution < 1.29 is 29.0 Å². The Bertz CT molecular complexity index is 524. The smallest absolute Gasteiger partial charge is 0.345 e. The molecule has 0 aromatic heterocycles. The second kappa shape index (κ2) is 25.2. The first-order valence-corrected chi connectivity index (χ1v) is 16.7. The van der Waals surface area contributed by atoms with Crippen molar-refractivity contribution in [3.63, 3.8) is 0 Å². The number of aliphatic carboxylic acids is 1. The minimum absolute atomic E-state index is 0.158. The fourth-order valence-corrected chi connectivity index (χ4v) is 5.78. The Morgan fingerprint density at radius 1 is 0.833 bits per heavy atom. The molecule has 8 heteroatoms. The monoisotopic (exact) mass is 552 g/mol. The number of hydrogen-bond acceptors (Lipinski definition) is 6. The van der Waals surface area contributed by atoms with Crippen molar-refractivity contribution in [3.8, 4) is 0 Å². The van der Waals surface area contributed by atoms with Crippen molar-refractivity contribution in [1.82, 2.24) is 0 Å². The molecule has 36 heavy (non-hydrogen) atoms. The third kappa shape index (κ3) is 20.0. The largest absolute Gasteiger partial charge is 0.479 e. The topological polar surface area (TPSA) is 93.1 Å². The summed E-state index contributed by atoms with van der Waals surface area (Å²) in [4.78, 5) is 11.0. The molecule has 0 saturated heterocycles. The van der Waals surface area contributed by atoms with Crippen LogP contribution >= 0.6 is 20.2 Å². The van der Waals surface area contributed by atoms with Gasteiger partial charge in [0.05, 0.1) is 12.7 Å². The van der Waals surface area contributed by atoms with Crippen LogP contribution in [0, 0.1) is 0 Å². The van der Waals surface area contributed by atoms with Gasteiger partial charge in [-0.15, -0.1) is 0 Å². The molecule has 6 nitrogen and oxygen atoms in total. The summed E-state index contributed by atoms with van der Waals surface area (Å²) in [6.07, 6.45) is 21.9. The van der Waals surface area contributed by atoms with Crippen LogP contribution in [0.1, 0.15) is 130 Å². The normalized spacial score (nSPS) is 15.3. The second-order valence-electron chi connectivity index (χ2n) is 10.1. The van der Waals surface area contributed by atoms with Gasteiger partial charge in [-0.1, -0.05) is 104 Å². The number of rotatable bonds is 28. The van der Waals surface area contributed by atoms with Crippen molar-refractivity contribution in [3.05, 3.63) is 0 Å². The van der Waals surface area contributed by atoms with Gasteiger partial charge in [0.2, 0.25) is 5.34 Å². The van der Waals surface area contributed by atoms with Gasteiger partial charge in [0.15, 0.2) is 0 Å². The van der Waals surface area contributed by atoms with Gasteiger partial charge in [-0.25, -0.2) is 4.79 Å². The molecule has 0 aromatic rings. The summed E-state index contributed by atoms with van der Waals surface area (Å²) in [6.45, 7) is 7.03. The maximum Gasteiger partial charge on any atom is 0.345 e. The quantitative estimate of drug-likeness (QED) is 0.0758. The van der Waals surface area contributed by atoms with Crippen molar-refractivity contribution in [2.45, 2.75) is 147 Å². The molecule has 0 bridgehead atoms. The van der Waals surface area contributed by atoms with Gasteiger partial charge in [-0.05, 0) is 31.9 Å². The number of aliphatic hydroxyl groups is 1. The summed E-state index contributed by atoms with van der Waals surface area (Å²) in [5, 5.41) is 16.9. The zero-order valence-electron chi connectivity index (χ0n) is 23.5. The van der Waals surface area contributed by atoms with Gasteiger partial charge in [0.1, 0.15) is 8.46 Å². The van der Waals surface area contributed by atoms with E-state index in [1.807, 2.05) is 0 Å². The Balaban J connectivity index is 4.24. The fraction of sp³-hybridized carbons (Fsp3) is 0.964. The number of unbranched alkanes of at least 4 members (excludes halogenated alkanes) is 13. The Labute approximate surface area is 227 Å². The fourth-order valence-electron chi connectivity index (χ4n) is 4.14. The summed E-state index contributed by atoms with van der Waals surface area (Å²) in [6, 6.07) is 0. The van der Waals surface area contributed by atoms with Crippen LogP contribution in [0.25, 0.3) is 0 Å². The number of carboxylic acid groups (broad SMARTS) is 1. The van der Waals surface area contributed by atoms with E-state index in [9.17, 15) is 14.5 Å². The lowest BCUT2D eigenvalue weighted by molar-refractivity contribution is -0.154. The Hall–Kier alpha value is -0.0700. The zero-order valence-corrected chi connectivity index (χ0v) is 25.5. The van der Waals surface area contributed by atoms with Crippen LogP contribution in [-0.4, -0.2) is 58.5 Å². The number of ether oxygens (including phenoxy) is 2. The van der Waals surface area contributed by atoms with Crippen molar-refractivity contribution in [1.29, 1.82) is 0 Å². The predicted octanol–water partition coefficient (Wildman–Crippen LogP) is 7.71. The van der Waals surface area contributed by atoms with Crippen LogP contribution in [0.2, 0.25) is 0 Å². The molecule has 2 N–H and O–H groups in total. The molecule has 4 unspecified atom stereocenters. The van der Waals surface area contributed by atoms with Gasteiger partial charge in [-0.3, -0.25) is 0 Å². The lowest BCUT2D eigenvalue weighted by Crippen LogP contribution is -2.37. The third-order valence-electron chi connectivity index (χ3n) is 6.65. The summed E-state index contributed by atoms with van der Waals surface area (Å²) in [7, 11) is -1.87. The van der Waals surface area contributed by atoms with Crippen LogP contribution in [0.5, 0.6) is 0 Å². The first-order chi connectivity index (χ1) is 17.4. The number of hydrogen-bond donors (Lipinski definition) is 2. The lowest BCUT2D eigenvalue weighted by Gasteiger charge is -2.24. The summed E-state index contributed by atoms with van der Waals surface area (Å²) in [5.41, 5.74) is 0. The molecule has 4 atom stereocenters. The molecule has 0 amide bonds. The zero-order chi connectivity index (χ0) is 26.9. The highest BCUT2D eigenvalue weighted by atomic mass is 32.2. The number of carbonyl (C=O) groups is 1. The average Bonchev–Trinajstić information content (AvgIpc) is 2.87. The van der Waals surface area contributed by atoms with Crippen LogP contribution in [0.3, 0.4) is 0 Å². The molecule has 0 radical (unpaired) electrons. The van der Waals surface area contributed by atoms with E-state index in [1.54, 1.807) is 0 Å². The van der Waals surface area contributed by atoms with E-state index in [1.165, 1.54) is 108 Å². The molecule has 0 spiro atoms. The van der Waals surface area contributed by atoms with E-state index >= 15 is 0 Å². The van der Waals surface area contributed by atoms with Gasteiger partial charge in [0, 0.05) is 18.5 Å². The Kier molecular flexibility index (Phi) is 25.2. The van der Waals surface area contributed by atoms with Crippen LogP contribution in [0.15, 0.2) is 0 Å². The molecule has 216 valence electrons. The second-order valence-corrected chi connectivity index (χ2v) is 12.7. The molecule has 0 aliphatic carbocycles. The third-order valence-corrected chi connectivity index (χ3v) is 9.02. The molecule has 0 saturated carbocycles. The molecule has 0 rings (SSSR count). The van der Waals surface area contributed by atoms with Crippen molar-refractivity contribution >= 4 is 26.2 Å². The van der Waals surface area contributed by atoms with E-state index in [0.29, 0.717) is 18.3 Å². The first-order valence-electron chi connectivity index (χ1n) is 14.6. The Morgan fingerprint density at radius 2 is 1.36 bits per heavy atom. The molecular formula is C28H57O6PS. The molecule has 0 fully saturated rings. The average molecular weight is 553 g/mol. The molecule has 0 aliphatic heterocycles. The van der Waals surface area contributed by atoms with Gasteiger partial charge < -0.3 is 24.3 Å². The van der Waals surface area contributed by atoms with Gasteiger partial charge in [-0.2, -0.15) is 11.8 Å². The minimum atomic E-state index is -2.26. The van der Waals surface area contributed by atoms with Gasteiger partial charge in [0.25, 0.3) is 0 Å². The van der Waals surface area contributed by atoms with Crippen LogP contribution in [0.4, 0.5) is 0 Å². The van der Waals surface area contributed by atoms with Crippen LogP contribution in [-0.2, 0) is 18.8 Å². The SMILES string of the molecule is CCCCCCCCCCSC(CCCCCCCCC)C(C)OCCCOCC(O)([PH2]=O)C(=O)O. The van der Waals surface area contributed by atoms with E-state index in [2.05, 4.69) is 32.5 Å². The maximum absolute atomic E-state index is 11.0. The molecule has 0 heterocycles. The standard InChI is InChI=1S/C28H57O6PS/c1-4-6-8-10-12-14-16-18-23-36-26(20-17-15-13-11-9-7-5-2)25(3)34-22-19-21-33-24-28(31,35-32)27(29)30/h25-26,31H,4-24,35H2,1-3H3,(H,29,30). The summed E-state index contributed by atoms with van der Waals surface area (Å²) >= 11 is 2.06. The number of carboxylic acids is 1. The highest BCUT2D eigenvalue weighted by molar-refractivity contribution is 7.99. The molecule has 0 aromatic carbocycles. The van der Waals surface area contributed by atoms with Crippen LogP contribution < -0.4 is 0 Å². The van der Waals surface area contributed by atoms with E-state index in [4.69, 9.17) is 14.6 Å². The van der Waals surface area contributed by atoms with Crippen molar-refractivity contribution in [2.24, 2.45) is 0 Å². The predicted molar refractivity (Wildman–Crippen MR) is 155 cm³/mol. The van der Waals surface area contributed by atoms with E-state index in [0.717, 1.165) is 0 Å². The summed E-state index contributed by atoms with van der Waals surface area (Å²) in [5.74, 6) is -0.308. The summed E-state index contributed by atoms with van der Waals surface area (Å²) < 4.78 is 22.4. The van der Waals surface area contributed by atoms with Gasteiger partial charge >= 0.3 is 5.97 Å². The lowest BCUT2D eigenvalue weighted by atomic mass is 10.1. The minimum Gasteiger partial charge on any atom is -0.479 e. The first kappa shape index (κ1) is 35.9. The molecule has 0 aliphatic rings. The highest BCUT2D eigenvalue weighted by Gasteiger charge is 2.35.